The number of hydrogen-bond acceptors (Lipinski definition) is 5. The van der Waals surface area contributed by atoms with Crippen molar-refractivity contribution in [3.8, 4) is 0 Å². The van der Waals surface area contributed by atoms with Crippen molar-refractivity contribution in [1.29, 1.82) is 0 Å². The monoisotopic (exact) mass is 428 g/mol. The van der Waals surface area contributed by atoms with Crippen LogP contribution in [0.3, 0.4) is 0 Å². The number of fused-ring (bicyclic) bond motifs is 1. The van der Waals surface area contributed by atoms with E-state index in [1.54, 1.807) is 42.9 Å². The van der Waals surface area contributed by atoms with Crippen molar-refractivity contribution < 1.29 is 0 Å². The van der Waals surface area contributed by atoms with Gasteiger partial charge in [-0.05, 0) is 42.9 Å². The number of rotatable bonds is 5. The Morgan fingerprint density at radius 1 is 1.13 bits per heavy atom. The quantitative estimate of drug-likeness (QED) is 0.610. The molecule has 30 heavy (non-hydrogen) atoms. The number of hydrogen-bond donors (Lipinski definition) is 2. The molecule has 0 bridgehead atoms. The highest BCUT2D eigenvalue weighted by atomic mass is 35.5. The van der Waals surface area contributed by atoms with Crippen LogP contribution in [-0.2, 0) is 20.6 Å². The molecule has 1 aliphatic carbocycles. The summed E-state index contributed by atoms with van der Waals surface area (Å²) in [5.41, 5.74) is 8.12. The highest BCUT2D eigenvalue weighted by molar-refractivity contribution is 6.30. The maximum atomic E-state index is 13.2. The number of nitrogens with one attached hydrogen (secondary N) is 2. The predicted molar refractivity (Wildman–Crippen MR) is 119 cm³/mol. The van der Waals surface area contributed by atoms with Crippen molar-refractivity contribution in [1.82, 2.24) is 24.1 Å². The van der Waals surface area contributed by atoms with Gasteiger partial charge in [-0.2, -0.15) is 4.98 Å². The molecule has 158 valence electrons. The molecule has 0 spiro atoms. The smallest absolute Gasteiger partial charge is 0.306 e. The minimum Gasteiger partial charge on any atom is -0.306 e. The molecule has 2 heterocycles. The second-order valence-electron chi connectivity index (χ2n) is 7.88. The zero-order valence-electron chi connectivity index (χ0n) is 17.3. The average Bonchev–Trinajstić information content (AvgIpc) is 3.07. The average molecular weight is 429 g/mol. The molecule has 0 saturated carbocycles. The predicted octanol–water partition coefficient (Wildman–Crippen LogP) is 2.76. The second-order valence-corrected chi connectivity index (χ2v) is 8.32. The van der Waals surface area contributed by atoms with Crippen LogP contribution in [-0.4, -0.2) is 18.7 Å². The molecule has 9 heteroatoms. The second kappa shape index (κ2) is 8.02. The summed E-state index contributed by atoms with van der Waals surface area (Å²) < 4.78 is 4.30. The highest BCUT2D eigenvalue weighted by Gasteiger charge is 2.19. The molecule has 0 unspecified atom stereocenters. The molecule has 0 radical (unpaired) electrons. The molecule has 1 aromatic carbocycles. The summed E-state index contributed by atoms with van der Waals surface area (Å²) in [6, 6.07) is 7.08. The summed E-state index contributed by atoms with van der Waals surface area (Å²) >= 11 is 5.93. The minimum atomic E-state index is -0.413. The largest absolute Gasteiger partial charge is 0.332 e. The first-order valence-electron chi connectivity index (χ1n) is 9.97. The van der Waals surface area contributed by atoms with Gasteiger partial charge in [0.25, 0.3) is 5.56 Å². The highest BCUT2D eigenvalue weighted by Crippen LogP contribution is 2.21. The maximum absolute atomic E-state index is 13.2. The van der Waals surface area contributed by atoms with Gasteiger partial charge in [0.1, 0.15) is 0 Å². The van der Waals surface area contributed by atoms with Gasteiger partial charge < -0.3 is 9.99 Å². The summed E-state index contributed by atoms with van der Waals surface area (Å²) in [5, 5.41) is 0.604. The summed E-state index contributed by atoms with van der Waals surface area (Å²) in [4.78, 5) is 30.5. The number of aryl methyl sites for hydroxylation is 2. The zero-order valence-corrected chi connectivity index (χ0v) is 18.0. The third-order valence-corrected chi connectivity index (χ3v) is 5.87. The number of hydrazine groups is 1. The molecular formula is C21H25ClN6O2. The van der Waals surface area contributed by atoms with E-state index >= 15 is 0 Å². The number of allylic oxidation sites excluding steroid dienone is 2. The number of imidazole rings is 1. The van der Waals surface area contributed by atoms with Gasteiger partial charge in [0.05, 0.1) is 6.54 Å². The first-order valence-corrected chi connectivity index (χ1v) is 10.3. The van der Waals surface area contributed by atoms with Gasteiger partial charge in [-0.1, -0.05) is 36.7 Å². The number of halogens is 1. The lowest BCUT2D eigenvalue weighted by atomic mass is 9.95. The number of anilines is 1. The van der Waals surface area contributed by atoms with Crippen LogP contribution in [0.5, 0.6) is 0 Å². The molecule has 0 fully saturated rings. The van der Waals surface area contributed by atoms with E-state index in [-0.39, 0.29) is 12.1 Å². The molecule has 8 nitrogen and oxygen atoms in total. The summed E-state index contributed by atoms with van der Waals surface area (Å²) in [5.74, 6) is 1.17. The lowest BCUT2D eigenvalue weighted by Gasteiger charge is -2.20. The van der Waals surface area contributed by atoms with Crippen molar-refractivity contribution in [3.63, 3.8) is 0 Å². The van der Waals surface area contributed by atoms with E-state index in [0.29, 0.717) is 28.1 Å². The number of nitrogens with zero attached hydrogens (tertiary/aromatic N) is 4. The third kappa shape index (κ3) is 3.75. The molecule has 1 aliphatic rings. The Labute approximate surface area is 178 Å². The first kappa shape index (κ1) is 20.3. The van der Waals surface area contributed by atoms with E-state index in [0.717, 1.165) is 30.5 Å². The first-order chi connectivity index (χ1) is 14.3. The van der Waals surface area contributed by atoms with Gasteiger partial charge in [0, 0.05) is 24.8 Å². The van der Waals surface area contributed by atoms with E-state index in [2.05, 4.69) is 28.8 Å². The van der Waals surface area contributed by atoms with Gasteiger partial charge in [-0.25, -0.2) is 4.79 Å². The summed E-state index contributed by atoms with van der Waals surface area (Å²) in [6.07, 6.45) is 5.31. The summed E-state index contributed by atoms with van der Waals surface area (Å²) in [6.45, 7) is 2.40. The van der Waals surface area contributed by atoms with E-state index in [1.807, 2.05) is 0 Å². The Bertz CT molecular complexity index is 1240. The van der Waals surface area contributed by atoms with Crippen molar-refractivity contribution in [2.24, 2.45) is 20.0 Å². The third-order valence-electron chi connectivity index (χ3n) is 5.62. The Morgan fingerprint density at radius 2 is 1.87 bits per heavy atom. The Morgan fingerprint density at radius 3 is 2.53 bits per heavy atom. The summed E-state index contributed by atoms with van der Waals surface area (Å²) in [7, 11) is 3.38. The molecule has 2 aromatic heterocycles. The van der Waals surface area contributed by atoms with Gasteiger partial charge in [-0.3, -0.25) is 19.4 Å². The topological polar surface area (TPSA) is 85.9 Å². The van der Waals surface area contributed by atoms with Crippen LogP contribution < -0.4 is 22.1 Å². The van der Waals surface area contributed by atoms with E-state index in [1.165, 1.54) is 9.13 Å². The fourth-order valence-corrected chi connectivity index (χ4v) is 3.81. The molecular weight excluding hydrogens is 404 g/mol. The lowest BCUT2D eigenvalue weighted by Crippen LogP contribution is -2.39. The van der Waals surface area contributed by atoms with Gasteiger partial charge in [0.2, 0.25) is 5.95 Å². The van der Waals surface area contributed by atoms with Crippen LogP contribution in [0.2, 0.25) is 5.02 Å². The van der Waals surface area contributed by atoms with Crippen LogP contribution in [0.15, 0.2) is 45.6 Å². The normalized spacial score (nSPS) is 16.5. The molecule has 3 aromatic rings. The van der Waals surface area contributed by atoms with Crippen molar-refractivity contribution in [3.05, 3.63) is 67.5 Å². The molecule has 4 rings (SSSR count). The molecule has 2 N–H and O–H groups in total. The standard InChI is InChI=1S/C21H25ClN6O2/c1-13-4-10-16(11-5-13)24-25-20-23-18-17(26(20)2)19(29)28(21(30)27(18)3)12-14-6-8-15(22)9-7-14/h6-10,13,24H,4-5,11-12H2,1-3H3,(H,23,25)/t13-/m1/s1. The fourth-order valence-electron chi connectivity index (χ4n) is 3.68. The Hall–Kier alpha value is -3.00. The van der Waals surface area contributed by atoms with Crippen LogP contribution in [0.4, 0.5) is 5.95 Å². The Kier molecular flexibility index (Phi) is 5.42. The van der Waals surface area contributed by atoms with Crippen molar-refractivity contribution in [2.45, 2.75) is 32.7 Å². The molecule has 0 saturated heterocycles. The van der Waals surface area contributed by atoms with E-state index in [4.69, 9.17) is 11.6 Å². The van der Waals surface area contributed by atoms with Crippen molar-refractivity contribution in [2.75, 3.05) is 5.43 Å². The van der Waals surface area contributed by atoms with Crippen LogP contribution in [0.25, 0.3) is 11.2 Å². The van der Waals surface area contributed by atoms with Crippen LogP contribution >= 0.6 is 11.6 Å². The SMILES string of the molecule is C[C@@H]1CC=C(NNc2nc3c(c(=O)n(Cc4ccc(Cl)cc4)c(=O)n3C)n2C)CC1. The van der Waals surface area contributed by atoms with E-state index < -0.39 is 5.69 Å². The maximum Gasteiger partial charge on any atom is 0.332 e. The number of benzene rings is 1. The molecule has 0 aliphatic heterocycles. The van der Waals surface area contributed by atoms with Crippen LogP contribution in [0.1, 0.15) is 31.7 Å². The lowest BCUT2D eigenvalue weighted by molar-refractivity contribution is 0.501. The van der Waals surface area contributed by atoms with Gasteiger partial charge >= 0.3 is 5.69 Å². The molecule has 1 atom stereocenters. The van der Waals surface area contributed by atoms with E-state index in [9.17, 15) is 9.59 Å². The Balaban J connectivity index is 1.69. The van der Waals surface area contributed by atoms with Gasteiger partial charge in [-0.15, -0.1) is 0 Å². The number of aromatic nitrogens is 4. The minimum absolute atomic E-state index is 0.163. The zero-order chi connectivity index (χ0) is 21.4. The van der Waals surface area contributed by atoms with Crippen molar-refractivity contribution >= 4 is 28.7 Å². The fraction of sp³-hybridized carbons (Fsp3) is 0.381. The molecule has 0 amide bonds. The van der Waals surface area contributed by atoms with Gasteiger partial charge in [0.15, 0.2) is 11.2 Å². The van der Waals surface area contributed by atoms with Crippen LogP contribution in [0, 0.1) is 5.92 Å².